The van der Waals surface area contributed by atoms with E-state index in [4.69, 9.17) is 11.6 Å². The Morgan fingerprint density at radius 2 is 2.00 bits per heavy atom. The number of guanidine groups is 1. The highest BCUT2D eigenvalue weighted by Gasteiger charge is 2.04. The van der Waals surface area contributed by atoms with Gasteiger partial charge in [-0.05, 0) is 43.5 Å². The first-order valence-corrected chi connectivity index (χ1v) is 9.29. The summed E-state index contributed by atoms with van der Waals surface area (Å²) in [5.41, 5.74) is 2.14. The van der Waals surface area contributed by atoms with Crippen molar-refractivity contribution in [1.82, 2.24) is 20.6 Å². The molecule has 0 aromatic carbocycles. The van der Waals surface area contributed by atoms with E-state index in [0.29, 0.717) is 30.0 Å². The number of pyridine rings is 2. The maximum atomic E-state index is 12.0. The molecule has 144 valence electrons. The Hall–Kier alpha value is -2.67. The summed E-state index contributed by atoms with van der Waals surface area (Å²) in [6, 6.07) is 7.42. The molecule has 1 amide bonds. The topological polar surface area (TPSA) is 91.3 Å². The van der Waals surface area contributed by atoms with Crippen molar-refractivity contribution in [2.45, 2.75) is 26.7 Å². The van der Waals surface area contributed by atoms with Crippen LogP contribution >= 0.6 is 11.6 Å². The minimum Gasteiger partial charge on any atom is -0.357 e. The van der Waals surface area contributed by atoms with E-state index >= 15 is 0 Å². The number of aliphatic imine (C=N–C) groups is 1. The van der Waals surface area contributed by atoms with Crippen LogP contribution in [0.1, 0.15) is 24.5 Å². The fraction of sp³-hybridized carbons (Fsp3) is 0.368. The van der Waals surface area contributed by atoms with E-state index in [2.05, 4.69) is 30.9 Å². The van der Waals surface area contributed by atoms with Gasteiger partial charge in [0.25, 0.3) is 0 Å². The van der Waals surface area contributed by atoms with E-state index in [1.54, 1.807) is 24.5 Å². The monoisotopic (exact) mass is 388 g/mol. The molecule has 0 atom stereocenters. The zero-order valence-electron chi connectivity index (χ0n) is 15.6. The molecular formula is C19H25ClN6O. The number of halogens is 1. The second-order valence-corrected chi connectivity index (χ2v) is 6.33. The Balaban J connectivity index is 1.75. The number of carbonyl (C=O) groups is 1. The van der Waals surface area contributed by atoms with Crippen molar-refractivity contribution in [1.29, 1.82) is 0 Å². The summed E-state index contributed by atoms with van der Waals surface area (Å²) in [7, 11) is 0. The Labute approximate surface area is 164 Å². The average Bonchev–Trinajstić information content (AvgIpc) is 2.65. The number of hydrogen-bond acceptors (Lipinski definition) is 4. The lowest BCUT2D eigenvalue weighted by atomic mass is 10.2. The zero-order valence-corrected chi connectivity index (χ0v) is 16.4. The van der Waals surface area contributed by atoms with Gasteiger partial charge in [-0.15, -0.1) is 0 Å². The number of anilines is 1. The van der Waals surface area contributed by atoms with Crippen LogP contribution in [-0.4, -0.2) is 41.5 Å². The quantitative estimate of drug-likeness (QED) is 0.367. The lowest BCUT2D eigenvalue weighted by Crippen LogP contribution is -2.38. The van der Waals surface area contributed by atoms with E-state index in [0.717, 1.165) is 24.1 Å². The lowest BCUT2D eigenvalue weighted by Gasteiger charge is -2.11. The molecule has 0 fully saturated rings. The molecule has 0 saturated heterocycles. The van der Waals surface area contributed by atoms with E-state index in [1.165, 1.54) is 0 Å². The van der Waals surface area contributed by atoms with Gasteiger partial charge < -0.3 is 16.0 Å². The lowest BCUT2D eigenvalue weighted by molar-refractivity contribution is -0.116. The van der Waals surface area contributed by atoms with Crippen LogP contribution in [-0.2, 0) is 11.2 Å². The molecule has 8 heteroatoms. The fourth-order valence-corrected chi connectivity index (χ4v) is 2.35. The molecular weight excluding hydrogens is 364 g/mol. The third kappa shape index (κ3) is 8.04. The van der Waals surface area contributed by atoms with Crippen LogP contribution in [0.3, 0.4) is 0 Å². The van der Waals surface area contributed by atoms with Gasteiger partial charge in [-0.2, -0.15) is 0 Å². The van der Waals surface area contributed by atoms with Crippen molar-refractivity contribution in [2.75, 3.05) is 25.0 Å². The van der Waals surface area contributed by atoms with Gasteiger partial charge in [0.1, 0.15) is 11.0 Å². The van der Waals surface area contributed by atoms with Crippen LogP contribution in [0.2, 0.25) is 5.15 Å². The van der Waals surface area contributed by atoms with Crippen molar-refractivity contribution in [2.24, 2.45) is 4.99 Å². The predicted octanol–water partition coefficient (Wildman–Crippen LogP) is 2.56. The van der Waals surface area contributed by atoms with Crippen LogP contribution in [0, 0.1) is 6.92 Å². The highest BCUT2D eigenvalue weighted by atomic mass is 35.5. The summed E-state index contributed by atoms with van der Waals surface area (Å²) >= 11 is 5.79. The molecule has 0 radical (unpaired) electrons. The number of nitrogens with one attached hydrogen (secondary N) is 3. The van der Waals surface area contributed by atoms with Gasteiger partial charge >= 0.3 is 0 Å². The third-order valence-corrected chi connectivity index (χ3v) is 3.85. The van der Waals surface area contributed by atoms with Crippen LogP contribution < -0.4 is 16.0 Å². The Kier molecular flexibility index (Phi) is 8.51. The normalized spacial score (nSPS) is 11.1. The molecule has 3 N–H and O–H groups in total. The van der Waals surface area contributed by atoms with Crippen LogP contribution in [0.25, 0.3) is 0 Å². The van der Waals surface area contributed by atoms with Gasteiger partial charge in [-0.25, -0.2) is 9.97 Å². The molecule has 0 unspecified atom stereocenters. The van der Waals surface area contributed by atoms with E-state index < -0.39 is 0 Å². The summed E-state index contributed by atoms with van der Waals surface area (Å²) in [5, 5.41) is 9.67. The van der Waals surface area contributed by atoms with Crippen LogP contribution in [0.5, 0.6) is 0 Å². The zero-order chi connectivity index (χ0) is 19.5. The van der Waals surface area contributed by atoms with Gasteiger partial charge in [0, 0.05) is 31.9 Å². The first-order valence-electron chi connectivity index (χ1n) is 8.92. The first kappa shape index (κ1) is 20.6. The second kappa shape index (κ2) is 11.1. The molecule has 0 spiro atoms. The summed E-state index contributed by atoms with van der Waals surface area (Å²) in [4.78, 5) is 24.6. The van der Waals surface area contributed by atoms with Gasteiger partial charge in [0.05, 0.1) is 6.54 Å². The molecule has 2 aromatic heterocycles. The van der Waals surface area contributed by atoms with Gasteiger partial charge in [-0.3, -0.25) is 9.79 Å². The van der Waals surface area contributed by atoms with Crippen molar-refractivity contribution < 1.29 is 4.79 Å². The van der Waals surface area contributed by atoms with Crippen molar-refractivity contribution in [3.63, 3.8) is 0 Å². The maximum Gasteiger partial charge on any atom is 0.227 e. The number of amides is 1. The number of hydrogen-bond donors (Lipinski definition) is 3. The van der Waals surface area contributed by atoms with Crippen molar-refractivity contribution in [3.8, 4) is 0 Å². The molecule has 27 heavy (non-hydrogen) atoms. The number of aryl methyl sites for hydroxylation is 1. The van der Waals surface area contributed by atoms with Gasteiger partial charge in [0.2, 0.25) is 5.91 Å². The molecule has 0 aliphatic carbocycles. The average molecular weight is 389 g/mol. The molecule has 7 nitrogen and oxygen atoms in total. The largest absolute Gasteiger partial charge is 0.357 e. The third-order valence-electron chi connectivity index (χ3n) is 3.63. The van der Waals surface area contributed by atoms with Crippen LogP contribution in [0.15, 0.2) is 41.7 Å². The summed E-state index contributed by atoms with van der Waals surface area (Å²) < 4.78 is 0. The van der Waals surface area contributed by atoms with Crippen molar-refractivity contribution >= 4 is 29.3 Å². The molecule has 0 aliphatic heterocycles. The summed E-state index contributed by atoms with van der Waals surface area (Å²) in [5.74, 6) is 1.12. The summed E-state index contributed by atoms with van der Waals surface area (Å²) in [6.45, 7) is 5.78. The molecule has 0 aliphatic rings. The number of rotatable bonds is 8. The second-order valence-electron chi connectivity index (χ2n) is 5.95. The highest BCUT2D eigenvalue weighted by Crippen LogP contribution is 2.05. The fourth-order valence-electron chi connectivity index (χ4n) is 2.24. The highest BCUT2D eigenvalue weighted by molar-refractivity contribution is 6.29. The Morgan fingerprint density at radius 1 is 1.15 bits per heavy atom. The smallest absolute Gasteiger partial charge is 0.227 e. The van der Waals surface area contributed by atoms with E-state index in [-0.39, 0.29) is 12.3 Å². The number of nitrogens with zero attached hydrogens (tertiary/aromatic N) is 3. The maximum absolute atomic E-state index is 12.0. The number of aromatic nitrogens is 2. The Bertz CT molecular complexity index is 746. The molecule has 2 heterocycles. The minimum atomic E-state index is -0.113. The number of carbonyl (C=O) groups excluding carboxylic acids is 1. The molecule has 0 bridgehead atoms. The van der Waals surface area contributed by atoms with E-state index in [1.807, 2.05) is 26.0 Å². The SMILES string of the molecule is CCNC(=NCCC(=O)Nc1ccc(C)cn1)NCCc1ccc(Cl)nc1. The minimum absolute atomic E-state index is 0.113. The van der Waals surface area contributed by atoms with E-state index in [9.17, 15) is 4.79 Å². The first-order chi connectivity index (χ1) is 13.1. The molecule has 2 aromatic rings. The standard InChI is InChI=1S/C19H25ClN6O/c1-3-21-19(22-10-8-15-5-6-16(20)24-13-15)23-11-9-18(27)26-17-7-4-14(2)12-25-17/h4-7,12-13H,3,8-11H2,1-2H3,(H2,21,22,23)(H,25,26,27). The van der Waals surface area contributed by atoms with Gasteiger partial charge in [-0.1, -0.05) is 23.7 Å². The van der Waals surface area contributed by atoms with Gasteiger partial charge in [0.15, 0.2) is 5.96 Å². The van der Waals surface area contributed by atoms with Crippen LogP contribution in [0.4, 0.5) is 5.82 Å². The summed E-state index contributed by atoms with van der Waals surface area (Å²) in [6.07, 6.45) is 4.57. The molecule has 2 rings (SSSR count). The van der Waals surface area contributed by atoms with Crippen molar-refractivity contribution in [3.05, 3.63) is 52.9 Å². The predicted molar refractivity (Wildman–Crippen MR) is 109 cm³/mol. The molecule has 0 saturated carbocycles. The Morgan fingerprint density at radius 3 is 2.67 bits per heavy atom.